The number of para-hydroxylation sites is 1. The summed E-state index contributed by atoms with van der Waals surface area (Å²) in [7, 11) is -2.49. The number of ether oxygens (including phenoxy) is 2. The summed E-state index contributed by atoms with van der Waals surface area (Å²) < 4.78 is 39.3. The van der Waals surface area contributed by atoms with E-state index in [1.807, 2.05) is 13.8 Å². The largest absolute Gasteiger partial charge is 0.486 e. The predicted molar refractivity (Wildman–Crippen MR) is 120 cm³/mol. The molecule has 0 aliphatic carbocycles. The Hall–Kier alpha value is -3.27. The lowest BCUT2D eigenvalue weighted by molar-refractivity contribution is -0.131. The number of carbonyl (C=O) groups excluding carboxylic acids is 2. The van der Waals surface area contributed by atoms with Gasteiger partial charge in [-0.3, -0.25) is 14.3 Å². The van der Waals surface area contributed by atoms with Crippen LogP contribution in [0.15, 0.2) is 47.4 Å². The summed E-state index contributed by atoms with van der Waals surface area (Å²) >= 11 is 0. The van der Waals surface area contributed by atoms with Crippen LogP contribution < -0.4 is 14.2 Å². The Morgan fingerprint density at radius 1 is 1.00 bits per heavy atom. The molecular formula is C22H27N3O6S. The van der Waals surface area contributed by atoms with Gasteiger partial charge in [0.2, 0.25) is 5.91 Å². The van der Waals surface area contributed by atoms with Crippen LogP contribution in [0.25, 0.3) is 0 Å². The van der Waals surface area contributed by atoms with Gasteiger partial charge in [0.25, 0.3) is 15.9 Å². The third-order valence-corrected chi connectivity index (χ3v) is 6.42. The minimum Gasteiger partial charge on any atom is -0.486 e. The van der Waals surface area contributed by atoms with Crippen molar-refractivity contribution in [1.29, 1.82) is 0 Å². The molecule has 1 N–H and O–H groups in total. The van der Waals surface area contributed by atoms with Crippen molar-refractivity contribution in [3.8, 4) is 11.5 Å². The van der Waals surface area contributed by atoms with Gasteiger partial charge >= 0.3 is 0 Å². The fourth-order valence-electron chi connectivity index (χ4n) is 3.31. The molecule has 172 valence electrons. The number of fused-ring (bicyclic) bond motifs is 1. The molecule has 0 saturated carbocycles. The lowest BCUT2D eigenvalue weighted by Gasteiger charge is -2.24. The predicted octanol–water partition coefficient (Wildman–Crippen LogP) is 2.20. The lowest BCUT2D eigenvalue weighted by Crippen LogP contribution is -2.41. The van der Waals surface area contributed by atoms with Crippen molar-refractivity contribution in [1.82, 2.24) is 9.80 Å². The van der Waals surface area contributed by atoms with E-state index < -0.39 is 15.9 Å². The van der Waals surface area contributed by atoms with E-state index >= 15 is 0 Å². The molecule has 3 rings (SSSR count). The van der Waals surface area contributed by atoms with Gasteiger partial charge in [-0.05, 0) is 38.1 Å². The molecule has 0 bridgehead atoms. The highest BCUT2D eigenvalue weighted by Crippen LogP contribution is 2.33. The highest BCUT2D eigenvalue weighted by molar-refractivity contribution is 7.92. The molecule has 1 aliphatic heterocycles. The summed E-state index contributed by atoms with van der Waals surface area (Å²) in [6, 6.07) is 10.6. The van der Waals surface area contributed by atoms with Crippen molar-refractivity contribution in [3.05, 3.63) is 48.0 Å². The Bertz CT molecular complexity index is 1100. The van der Waals surface area contributed by atoms with Gasteiger partial charge in [-0.15, -0.1) is 0 Å². The highest BCUT2D eigenvalue weighted by atomic mass is 32.2. The first kappa shape index (κ1) is 23.4. The van der Waals surface area contributed by atoms with Crippen LogP contribution in [0.4, 0.5) is 5.69 Å². The second kappa shape index (κ2) is 9.90. The van der Waals surface area contributed by atoms with Crippen LogP contribution >= 0.6 is 0 Å². The number of sulfonamides is 1. The molecule has 2 aromatic carbocycles. The second-order valence-corrected chi connectivity index (χ2v) is 8.87. The van der Waals surface area contributed by atoms with Crippen molar-refractivity contribution < 1.29 is 27.5 Å². The number of anilines is 1. The summed E-state index contributed by atoms with van der Waals surface area (Å²) in [4.78, 5) is 28.2. The Morgan fingerprint density at radius 2 is 1.66 bits per heavy atom. The van der Waals surface area contributed by atoms with Crippen LogP contribution in [0.3, 0.4) is 0 Å². The van der Waals surface area contributed by atoms with Gasteiger partial charge in [-0.2, -0.15) is 0 Å². The van der Waals surface area contributed by atoms with Crippen LogP contribution in [0.1, 0.15) is 24.2 Å². The van der Waals surface area contributed by atoms with Crippen LogP contribution in [0.2, 0.25) is 0 Å². The normalized spacial score (nSPS) is 12.7. The van der Waals surface area contributed by atoms with Crippen LogP contribution in [-0.2, 0) is 14.8 Å². The maximum atomic E-state index is 13.0. The fraction of sp³-hybridized carbons (Fsp3) is 0.364. The number of hydrogen-bond donors (Lipinski definition) is 1. The van der Waals surface area contributed by atoms with Gasteiger partial charge < -0.3 is 19.3 Å². The highest BCUT2D eigenvalue weighted by Gasteiger charge is 2.24. The average Bonchev–Trinajstić information content (AvgIpc) is 2.79. The maximum absolute atomic E-state index is 13.0. The number of likely N-dealkylation sites (N-methyl/N-ethyl adjacent to an activating group) is 2. The third-order valence-electron chi connectivity index (χ3n) is 5.06. The Morgan fingerprint density at radius 3 is 2.34 bits per heavy atom. The van der Waals surface area contributed by atoms with Gasteiger partial charge in [0.05, 0.1) is 22.7 Å². The number of hydrogen-bond acceptors (Lipinski definition) is 6. The molecular weight excluding hydrogens is 434 g/mol. The van der Waals surface area contributed by atoms with Crippen molar-refractivity contribution in [3.63, 3.8) is 0 Å². The first-order chi connectivity index (χ1) is 15.3. The number of carbonyl (C=O) groups is 2. The smallest absolute Gasteiger partial charge is 0.262 e. The molecule has 0 unspecified atom stereocenters. The Kier molecular flexibility index (Phi) is 7.24. The number of amides is 2. The van der Waals surface area contributed by atoms with Gasteiger partial charge in [0, 0.05) is 26.2 Å². The van der Waals surface area contributed by atoms with Gasteiger partial charge in [0.15, 0.2) is 11.5 Å². The Balaban J connectivity index is 1.81. The molecule has 0 atom stereocenters. The summed E-state index contributed by atoms with van der Waals surface area (Å²) in [6.07, 6.45) is 0. The van der Waals surface area contributed by atoms with Crippen molar-refractivity contribution in [2.24, 2.45) is 0 Å². The zero-order valence-corrected chi connectivity index (χ0v) is 19.1. The first-order valence-electron chi connectivity index (χ1n) is 10.3. The Labute approximate surface area is 188 Å². The maximum Gasteiger partial charge on any atom is 0.262 e. The van der Waals surface area contributed by atoms with Gasteiger partial charge in [-0.1, -0.05) is 12.1 Å². The number of rotatable bonds is 8. The first-order valence-corrected chi connectivity index (χ1v) is 11.8. The van der Waals surface area contributed by atoms with Crippen molar-refractivity contribution in [2.45, 2.75) is 18.7 Å². The minimum atomic E-state index is -4.00. The molecule has 10 heteroatoms. The molecule has 0 fully saturated rings. The molecule has 0 spiro atoms. The molecule has 2 amide bonds. The number of benzene rings is 2. The quantitative estimate of drug-likeness (QED) is 0.646. The van der Waals surface area contributed by atoms with E-state index in [1.165, 1.54) is 42.3 Å². The van der Waals surface area contributed by atoms with E-state index in [0.717, 1.165) is 0 Å². The molecule has 1 aliphatic rings. The van der Waals surface area contributed by atoms with Crippen LogP contribution in [0, 0.1) is 0 Å². The summed E-state index contributed by atoms with van der Waals surface area (Å²) in [5.74, 6) is 0.176. The third kappa shape index (κ3) is 5.13. The molecule has 9 nitrogen and oxygen atoms in total. The lowest BCUT2D eigenvalue weighted by atomic mass is 10.1. The molecule has 0 radical (unpaired) electrons. The molecule has 1 heterocycles. The van der Waals surface area contributed by atoms with Crippen LogP contribution in [-0.4, -0.2) is 69.9 Å². The van der Waals surface area contributed by atoms with E-state index in [2.05, 4.69) is 4.72 Å². The minimum absolute atomic E-state index is 0.0194. The van der Waals surface area contributed by atoms with E-state index in [-0.39, 0.29) is 28.6 Å². The van der Waals surface area contributed by atoms with Crippen molar-refractivity contribution >= 4 is 27.5 Å². The van der Waals surface area contributed by atoms with Crippen LogP contribution in [0.5, 0.6) is 11.5 Å². The standard InChI is InChI=1S/C22H27N3O6S/c1-4-25(5-2)21(26)15-24(3)22(27)17-8-6-7-9-18(17)23-32(28,29)16-10-11-19-20(14-16)31-13-12-30-19/h6-11,14,23H,4-5,12-13,15H2,1-3H3. The van der Waals surface area contributed by atoms with E-state index in [4.69, 9.17) is 9.47 Å². The summed E-state index contributed by atoms with van der Waals surface area (Å²) in [5, 5.41) is 0. The molecule has 0 saturated heterocycles. The van der Waals surface area contributed by atoms with E-state index in [1.54, 1.807) is 17.0 Å². The van der Waals surface area contributed by atoms with E-state index in [0.29, 0.717) is 37.8 Å². The number of nitrogens with zero attached hydrogens (tertiary/aromatic N) is 2. The average molecular weight is 462 g/mol. The van der Waals surface area contributed by atoms with Gasteiger partial charge in [-0.25, -0.2) is 8.42 Å². The molecule has 32 heavy (non-hydrogen) atoms. The SMILES string of the molecule is CCN(CC)C(=O)CN(C)C(=O)c1ccccc1NS(=O)(=O)c1ccc2c(c1)OCCO2. The summed E-state index contributed by atoms with van der Waals surface area (Å²) in [6.45, 7) is 5.45. The van der Waals surface area contributed by atoms with Crippen molar-refractivity contribution in [2.75, 3.05) is 44.6 Å². The molecule has 2 aromatic rings. The van der Waals surface area contributed by atoms with Gasteiger partial charge in [0.1, 0.15) is 13.2 Å². The second-order valence-electron chi connectivity index (χ2n) is 7.18. The van der Waals surface area contributed by atoms with E-state index in [9.17, 15) is 18.0 Å². The zero-order valence-electron chi connectivity index (χ0n) is 18.3. The monoisotopic (exact) mass is 461 g/mol. The fourth-order valence-corrected chi connectivity index (χ4v) is 4.40. The molecule has 0 aromatic heterocycles. The topological polar surface area (TPSA) is 105 Å². The summed E-state index contributed by atoms with van der Waals surface area (Å²) in [5.41, 5.74) is 0.262. The zero-order chi connectivity index (χ0) is 23.3. The number of nitrogens with one attached hydrogen (secondary N) is 1.